The molecule has 0 aliphatic heterocycles. The van der Waals surface area contributed by atoms with Gasteiger partial charge in [0.05, 0.1) is 6.54 Å². The van der Waals surface area contributed by atoms with E-state index in [-0.39, 0.29) is 0 Å². The number of aromatic nitrogens is 3. The lowest BCUT2D eigenvalue weighted by Gasteiger charge is -2.00. The van der Waals surface area contributed by atoms with Crippen molar-refractivity contribution in [2.24, 2.45) is 0 Å². The molecule has 5 nitrogen and oxygen atoms in total. The fourth-order valence-corrected chi connectivity index (χ4v) is 2.03. The standard InChI is InChI=1S/C16H16N4O/c1-2-5-13(6-3-1)9-15-19-16(21-20-15)12-18-11-14-7-4-8-17-10-14/h1-8,10,18H,9,11-12H2. The number of hydrogen-bond acceptors (Lipinski definition) is 5. The molecule has 0 fully saturated rings. The summed E-state index contributed by atoms with van der Waals surface area (Å²) in [4.78, 5) is 8.45. The van der Waals surface area contributed by atoms with Gasteiger partial charge in [-0.3, -0.25) is 4.98 Å². The normalized spacial score (nSPS) is 10.7. The Morgan fingerprint density at radius 3 is 2.62 bits per heavy atom. The van der Waals surface area contributed by atoms with Gasteiger partial charge in [-0.05, 0) is 17.2 Å². The van der Waals surface area contributed by atoms with Crippen LogP contribution in [0.2, 0.25) is 0 Å². The Labute approximate surface area is 123 Å². The number of rotatable bonds is 6. The summed E-state index contributed by atoms with van der Waals surface area (Å²) in [6.45, 7) is 1.28. The molecule has 1 N–H and O–H groups in total. The highest BCUT2D eigenvalue weighted by Crippen LogP contribution is 2.06. The van der Waals surface area contributed by atoms with E-state index in [9.17, 15) is 0 Å². The summed E-state index contributed by atoms with van der Waals surface area (Å²) in [5.41, 5.74) is 2.30. The Bertz CT molecular complexity index is 667. The molecule has 0 aliphatic carbocycles. The van der Waals surface area contributed by atoms with Gasteiger partial charge in [0, 0.05) is 25.4 Å². The van der Waals surface area contributed by atoms with Crippen LogP contribution in [0.15, 0.2) is 59.4 Å². The number of benzene rings is 1. The lowest BCUT2D eigenvalue weighted by molar-refractivity contribution is 0.363. The molecular weight excluding hydrogens is 264 g/mol. The van der Waals surface area contributed by atoms with E-state index >= 15 is 0 Å². The van der Waals surface area contributed by atoms with Gasteiger partial charge in [-0.2, -0.15) is 4.98 Å². The summed E-state index contributed by atoms with van der Waals surface area (Å²) >= 11 is 0. The highest BCUT2D eigenvalue weighted by Gasteiger charge is 2.06. The summed E-state index contributed by atoms with van der Waals surface area (Å²) in [5, 5.41) is 7.26. The largest absolute Gasteiger partial charge is 0.338 e. The number of pyridine rings is 1. The van der Waals surface area contributed by atoms with Crippen molar-refractivity contribution in [2.45, 2.75) is 19.5 Å². The van der Waals surface area contributed by atoms with Crippen LogP contribution >= 0.6 is 0 Å². The molecule has 21 heavy (non-hydrogen) atoms. The topological polar surface area (TPSA) is 63.8 Å². The minimum Gasteiger partial charge on any atom is -0.338 e. The molecule has 2 heterocycles. The van der Waals surface area contributed by atoms with Crippen molar-refractivity contribution in [2.75, 3.05) is 0 Å². The Morgan fingerprint density at radius 1 is 0.952 bits per heavy atom. The highest BCUT2D eigenvalue weighted by molar-refractivity contribution is 5.18. The van der Waals surface area contributed by atoms with E-state index in [2.05, 4.69) is 32.6 Å². The van der Waals surface area contributed by atoms with Crippen LogP contribution < -0.4 is 5.32 Å². The maximum absolute atomic E-state index is 5.24. The lowest BCUT2D eigenvalue weighted by atomic mass is 10.1. The van der Waals surface area contributed by atoms with Crippen LogP contribution in [-0.2, 0) is 19.5 Å². The van der Waals surface area contributed by atoms with Crippen molar-refractivity contribution in [3.8, 4) is 0 Å². The second-order valence-corrected chi connectivity index (χ2v) is 4.73. The molecule has 3 aromatic rings. The molecule has 0 saturated carbocycles. The van der Waals surface area contributed by atoms with E-state index in [1.54, 1.807) is 6.20 Å². The van der Waals surface area contributed by atoms with Crippen LogP contribution in [0.1, 0.15) is 22.8 Å². The number of nitrogens with one attached hydrogen (secondary N) is 1. The minimum absolute atomic E-state index is 0.552. The molecule has 2 aromatic heterocycles. The molecular formula is C16H16N4O. The monoisotopic (exact) mass is 280 g/mol. The van der Waals surface area contributed by atoms with E-state index in [1.165, 1.54) is 5.56 Å². The number of hydrogen-bond donors (Lipinski definition) is 1. The summed E-state index contributed by atoms with van der Waals surface area (Å²) in [6.07, 6.45) is 4.28. The van der Waals surface area contributed by atoms with Crippen LogP contribution in [0.5, 0.6) is 0 Å². The maximum Gasteiger partial charge on any atom is 0.240 e. The Hall–Kier alpha value is -2.53. The third-order valence-electron chi connectivity index (χ3n) is 3.04. The second kappa shape index (κ2) is 6.76. The van der Waals surface area contributed by atoms with Gasteiger partial charge in [-0.1, -0.05) is 41.6 Å². The molecule has 0 bridgehead atoms. The first-order chi connectivity index (χ1) is 10.4. The van der Waals surface area contributed by atoms with E-state index in [0.717, 1.165) is 12.1 Å². The summed E-state index contributed by atoms with van der Waals surface area (Å²) in [7, 11) is 0. The van der Waals surface area contributed by atoms with Crippen LogP contribution in [-0.4, -0.2) is 15.1 Å². The maximum atomic E-state index is 5.24. The second-order valence-electron chi connectivity index (χ2n) is 4.73. The third-order valence-corrected chi connectivity index (χ3v) is 3.04. The molecule has 106 valence electrons. The van der Waals surface area contributed by atoms with Gasteiger partial charge in [0.15, 0.2) is 5.82 Å². The molecule has 0 aliphatic rings. The van der Waals surface area contributed by atoms with Gasteiger partial charge in [-0.25, -0.2) is 0 Å². The summed E-state index contributed by atoms with van der Waals surface area (Å²) < 4.78 is 5.24. The van der Waals surface area contributed by atoms with Crippen LogP contribution in [0.3, 0.4) is 0 Å². The first kappa shape index (κ1) is 13.5. The van der Waals surface area contributed by atoms with Gasteiger partial charge in [-0.15, -0.1) is 0 Å². The fourth-order valence-electron chi connectivity index (χ4n) is 2.03. The molecule has 0 spiro atoms. The predicted octanol–water partition coefficient (Wildman–Crippen LogP) is 2.35. The van der Waals surface area contributed by atoms with Gasteiger partial charge in [0.1, 0.15) is 0 Å². The Morgan fingerprint density at radius 2 is 1.81 bits per heavy atom. The zero-order chi connectivity index (χ0) is 14.3. The SMILES string of the molecule is c1ccc(Cc2noc(CNCc3cccnc3)n2)cc1. The van der Waals surface area contributed by atoms with Crippen molar-refractivity contribution >= 4 is 0 Å². The Kier molecular flexibility index (Phi) is 4.33. The Balaban J connectivity index is 1.51. The summed E-state index contributed by atoms with van der Waals surface area (Å²) in [5.74, 6) is 1.31. The fraction of sp³-hybridized carbons (Fsp3) is 0.188. The van der Waals surface area contributed by atoms with Gasteiger partial charge in [0.2, 0.25) is 5.89 Å². The zero-order valence-corrected chi connectivity index (χ0v) is 11.6. The van der Waals surface area contributed by atoms with E-state index in [4.69, 9.17) is 4.52 Å². The van der Waals surface area contributed by atoms with Gasteiger partial charge >= 0.3 is 0 Å². The van der Waals surface area contributed by atoms with Gasteiger partial charge < -0.3 is 9.84 Å². The average molecular weight is 280 g/mol. The molecule has 0 unspecified atom stereocenters. The van der Waals surface area contributed by atoms with Crippen LogP contribution in [0.25, 0.3) is 0 Å². The first-order valence-corrected chi connectivity index (χ1v) is 6.85. The molecule has 0 amide bonds. The van der Waals surface area contributed by atoms with Crippen molar-refractivity contribution in [3.05, 3.63) is 77.7 Å². The lowest BCUT2D eigenvalue weighted by Crippen LogP contribution is -2.13. The quantitative estimate of drug-likeness (QED) is 0.751. The third kappa shape index (κ3) is 3.97. The van der Waals surface area contributed by atoms with Crippen LogP contribution in [0, 0.1) is 0 Å². The molecule has 1 aromatic carbocycles. The van der Waals surface area contributed by atoms with Crippen molar-refractivity contribution in [1.29, 1.82) is 0 Å². The predicted molar refractivity (Wildman–Crippen MR) is 78.3 cm³/mol. The van der Waals surface area contributed by atoms with E-state index < -0.39 is 0 Å². The van der Waals surface area contributed by atoms with Crippen molar-refractivity contribution in [1.82, 2.24) is 20.4 Å². The first-order valence-electron chi connectivity index (χ1n) is 6.85. The van der Waals surface area contributed by atoms with Crippen molar-refractivity contribution in [3.63, 3.8) is 0 Å². The molecule has 0 saturated heterocycles. The smallest absolute Gasteiger partial charge is 0.240 e. The highest BCUT2D eigenvalue weighted by atomic mass is 16.5. The molecule has 5 heteroatoms. The number of nitrogens with zero attached hydrogens (tertiary/aromatic N) is 3. The van der Waals surface area contributed by atoms with E-state index in [0.29, 0.717) is 24.7 Å². The average Bonchev–Trinajstić information content (AvgIpc) is 2.97. The molecule has 3 rings (SSSR count). The van der Waals surface area contributed by atoms with Crippen molar-refractivity contribution < 1.29 is 4.52 Å². The molecule has 0 atom stereocenters. The summed E-state index contributed by atoms with van der Waals surface area (Å²) in [6, 6.07) is 14.1. The zero-order valence-electron chi connectivity index (χ0n) is 11.6. The molecule has 0 radical (unpaired) electrons. The van der Waals surface area contributed by atoms with Crippen LogP contribution in [0.4, 0.5) is 0 Å². The van der Waals surface area contributed by atoms with Gasteiger partial charge in [0.25, 0.3) is 0 Å². The van der Waals surface area contributed by atoms with E-state index in [1.807, 2.05) is 36.5 Å². The minimum atomic E-state index is 0.552.